The van der Waals surface area contributed by atoms with Crippen LogP contribution in [0.5, 0.6) is 0 Å². The highest BCUT2D eigenvalue weighted by molar-refractivity contribution is 4.45. The number of nitrogens with one attached hydrogen (secondary N) is 1. The fourth-order valence-corrected chi connectivity index (χ4v) is 0.884. The smallest absolute Gasteiger partial charge is 0.171 e. The molecule has 1 radical (unpaired) electrons. The van der Waals surface area contributed by atoms with Gasteiger partial charge >= 0.3 is 0 Å². The minimum Gasteiger partial charge on any atom is -0.351 e. The van der Waals surface area contributed by atoms with Crippen molar-refractivity contribution in [3.63, 3.8) is 0 Å². The Labute approximate surface area is 81.6 Å². The summed E-state index contributed by atoms with van der Waals surface area (Å²) >= 11 is 0. The second-order valence-electron chi connectivity index (χ2n) is 3.08. The molecule has 1 N–H and O–H groups in total. The summed E-state index contributed by atoms with van der Waals surface area (Å²) in [4.78, 5) is 0. The SMILES string of the molecule is CCCCOC(C[NH])OCCCC. The number of hydrogen-bond donors (Lipinski definition) is 0. The number of hydrogen-bond acceptors (Lipinski definition) is 2. The molecule has 79 valence electrons. The largest absolute Gasteiger partial charge is 0.351 e. The summed E-state index contributed by atoms with van der Waals surface area (Å²) in [6.45, 7) is 5.87. The number of rotatable bonds is 9. The van der Waals surface area contributed by atoms with E-state index in [2.05, 4.69) is 13.8 Å². The predicted octanol–water partition coefficient (Wildman–Crippen LogP) is 2.23. The molecular formula is C10H22NO2. The van der Waals surface area contributed by atoms with E-state index in [1.807, 2.05) is 0 Å². The molecule has 0 aromatic heterocycles. The van der Waals surface area contributed by atoms with Gasteiger partial charge in [-0.15, -0.1) is 0 Å². The van der Waals surface area contributed by atoms with Gasteiger partial charge in [0.1, 0.15) is 0 Å². The van der Waals surface area contributed by atoms with Gasteiger partial charge in [0.25, 0.3) is 0 Å². The van der Waals surface area contributed by atoms with Crippen molar-refractivity contribution in [3.8, 4) is 0 Å². The van der Waals surface area contributed by atoms with E-state index in [9.17, 15) is 0 Å². The molecule has 0 atom stereocenters. The van der Waals surface area contributed by atoms with Crippen LogP contribution in [0.4, 0.5) is 0 Å². The van der Waals surface area contributed by atoms with Crippen molar-refractivity contribution >= 4 is 0 Å². The van der Waals surface area contributed by atoms with Crippen LogP contribution < -0.4 is 5.73 Å². The van der Waals surface area contributed by atoms with Crippen LogP contribution in [0.3, 0.4) is 0 Å². The molecule has 0 saturated carbocycles. The van der Waals surface area contributed by atoms with Gasteiger partial charge in [0.15, 0.2) is 6.29 Å². The summed E-state index contributed by atoms with van der Waals surface area (Å²) < 4.78 is 10.7. The molecule has 0 aliphatic rings. The van der Waals surface area contributed by atoms with Crippen LogP contribution in [0.1, 0.15) is 39.5 Å². The minimum absolute atomic E-state index is 0.202. The van der Waals surface area contributed by atoms with E-state index in [-0.39, 0.29) is 12.8 Å². The maximum atomic E-state index is 7.18. The molecule has 0 unspecified atom stereocenters. The lowest BCUT2D eigenvalue weighted by Crippen LogP contribution is -2.23. The maximum Gasteiger partial charge on any atom is 0.171 e. The first kappa shape index (κ1) is 12.9. The van der Waals surface area contributed by atoms with Crippen LogP contribution in [0.25, 0.3) is 0 Å². The van der Waals surface area contributed by atoms with Gasteiger partial charge in [-0.2, -0.15) is 0 Å². The van der Waals surface area contributed by atoms with Crippen molar-refractivity contribution in [3.05, 3.63) is 0 Å². The van der Waals surface area contributed by atoms with E-state index in [4.69, 9.17) is 15.2 Å². The second kappa shape index (κ2) is 9.96. The summed E-state index contributed by atoms with van der Waals surface area (Å²) in [5.74, 6) is 0. The fraction of sp³-hybridized carbons (Fsp3) is 1.00. The highest BCUT2D eigenvalue weighted by atomic mass is 16.7. The standard InChI is InChI=1S/C10H22NO2/c1-3-5-7-12-10(9-11)13-8-6-4-2/h10-11H,3-9H2,1-2H3. The second-order valence-corrected chi connectivity index (χ2v) is 3.08. The van der Waals surface area contributed by atoms with Gasteiger partial charge in [-0.1, -0.05) is 26.7 Å². The van der Waals surface area contributed by atoms with Crippen LogP contribution in [-0.2, 0) is 9.47 Å². The molecular weight excluding hydrogens is 166 g/mol. The van der Waals surface area contributed by atoms with Crippen molar-refractivity contribution in [2.45, 2.75) is 45.8 Å². The lowest BCUT2D eigenvalue weighted by molar-refractivity contribution is -0.137. The van der Waals surface area contributed by atoms with E-state index >= 15 is 0 Å². The molecule has 3 nitrogen and oxygen atoms in total. The molecule has 0 spiro atoms. The molecule has 0 saturated heterocycles. The van der Waals surface area contributed by atoms with Crippen molar-refractivity contribution in [2.75, 3.05) is 19.8 Å². The highest BCUT2D eigenvalue weighted by Crippen LogP contribution is 1.99. The monoisotopic (exact) mass is 188 g/mol. The Morgan fingerprint density at radius 2 is 1.46 bits per heavy atom. The summed E-state index contributed by atoms with van der Waals surface area (Å²) in [6, 6.07) is 0. The van der Waals surface area contributed by atoms with E-state index in [1.165, 1.54) is 0 Å². The van der Waals surface area contributed by atoms with Gasteiger partial charge in [-0.25, -0.2) is 0 Å². The Balaban J connectivity index is 3.28. The van der Waals surface area contributed by atoms with E-state index < -0.39 is 0 Å². The van der Waals surface area contributed by atoms with Gasteiger partial charge in [-0.05, 0) is 12.8 Å². The molecule has 13 heavy (non-hydrogen) atoms. The molecule has 0 amide bonds. The third-order valence-corrected chi connectivity index (χ3v) is 1.77. The Bertz CT molecular complexity index is 88.9. The number of unbranched alkanes of at least 4 members (excludes halogenated alkanes) is 2. The molecule has 0 rings (SSSR count). The van der Waals surface area contributed by atoms with Crippen molar-refractivity contribution in [2.24, 2.45) is 0 Å². The first-order chi connectivity index (χ1) is 6.35. The van der Waals surface area contributed by atoms with Gasteiger partial charge in [0.2, 0.25) is 0 Å². The van der Waals surface area contributed by atoms with Crippen LogP contribution in [0.2, 0.25) is 0 Å². The van der Waals surface area contributed by atoms with Gasteiger partial charge < -0.3 is 9.47 Å². The molecule has 0 aliphatic heterocycles. The van der Waals surface area contributed by atoms with Gasteiger partial charge in [0.05, 0.1) is 6.54 Å². The summed E-state index contributed by atoms with van der Waals surface area (Å²) in [6.07, 6.45) is 4.04. The zero-order chi connectivity index (χ0) is 9.94. The lowest BCUT2D eigenvalue weighted by Gasteiger charge is -2.15. The third-order valence-electron chi connectivity index (χ3n) is 1.77. The molecule has 0 bridgehead atoms. The first-order valence-corrected chi connectivity index (χ1v) is 5.22. The van der Waals surface area contributed by atoms with Crippen LogP contribution in [0, 0.1) is 0 Å². The predicted molar refractivity (Wildman–Crippen MR) is 53.5 cm³/mol. The Hall–Kier alpha value is -0.120. The normalized spacial score (nSPS) is 11.1. The van der Waals surface area contributed by atoms with Crippen molar-refractivity contribution in [1.29, 1.82) is 0 Å². The summed E-state index contributed by atoms with van der Waals surface area (Å²) in [7, 11) is 0. The van der Waals surface area contributed by atoms with Gasteiger partial charge in [0, 0.05) is 13.2 Å². The highest BCUT2D eigenvalue weighted by Gasteiger charge is 2.05. The Morgan fingerprint density at radius 3 is 1.77 bits per heavy atom. The van der Waals surface area contributed by atoms with Crippen molar-refractivity contribution < 1.29 is 9.47 Å². The van der Waals surface area contributed by atoms with Crippen LogP contribution >= 0.6 is 0 Å². The Morgan fingerprint density at radius 1 is 1.00 bits per heavy atom. The van der Waals surface area contributed by atoms with Crippen LogP contribution in [0.15, 0.2) is 0 Å². The average Bonchev–Trinajstić information content (AvgIpc) is 2.16. The molecule has 0 heterocycles. The zero-order valence-corrected chi connectivity index (χ0v) is 8.84. The summed E-state index contributed by atoms with van der Waals surface area (Å²) in [5.41, 5.74) is 7.18. The molecule has 0 aliphatic carbocycles. The lowest BCUT2D eigenvalue weighted by atomic mass is 10.3. The average molecular weight is 188 g/mol. The topological polar surface area (TPSA) is 42.3 Å². The maximum absolute atomic E-state index is 7.18. The molecule has 0 fully saturated rings. The minimum atomic E-state index is -0.307. The van der Waals surface area contributed by atoms with E-state index in [0.29, 0.717) is 13.2 Å². The fourth-order valence-electron chi connectivity index (χ4n) is 0.884. The number of ether oxygens (including phenoxy) is 2. The zero-order valence-electron chi connectivity index (χ0n) is 8.84. The quantitative estimate of drug-likeness (QED) is 0.411. The molecule has 3 heteroatoms. The first-order valence-electron chi connectivity index (χ1n) is 5.22. The van der Waals surface area contributed by atoms with E-state index in [1.54, 1.807) is 0 Å². The molecule has 0 aromatic rings. The van der Waals surface area contributed by atoms with Crippen molar-refractivity contribution in [1.82, 2.24) is 5.73 Å². The van der Waals surface area contributed by atoms with E-state index in [0.717, 1.165) is 25.7 Å². The summed E-state index contributed by atoms with van der Waals surface area (Å²) in [5, 5.41) is 0. The van der Waals surface area contributed by atoms with Crippen LogP contribution in [-0.4, -0.2) is 26.0 Å². The van der Waals surface area contributed by atoms with Gasteiger partial charge in [-0.3, -0.25) is 5.73 Å². The Kier molecular flexibility index (Phi) is 9.87. The third kappa shape index (κ3) is 8.22. The molecule has 0 aromatic carbocycles.